The Balaban J connectivity index is 0.00000164. The van der Waals surface area contributed by atoms with E-state index in [0.29, 0.717) is 25.7 Å². The second kappa shape index (κ2) is 54.5. The predicted molar refractivity (Wildman–Crippen MR) is 341 cm³/mol. The summed E-state index contributed by atoms with van der Waals surface area (Å²) >= 11 is 0. The minimum Gasteiger partial charge on any atom is -0.744 e. The Hall–Kier alpha value is -3.64. The molecule has 2 rings (SSSR count). The normalized spacial score (nSPS) is 11.7. The van der Waals surface area contributed by atoms with Gasteiger partial charge in [0, 0.05) is 0 Å². The number of allylic oxidation sites excluding steroid dienone is 8. The second-order valence-electron chi connectivity index (χ2n) is 21.5. The van der Waals surface area contributed by atoms with Crippen LogP contribution >= 0.6 is 0 Å². The zero-order valence-electron chi connectivity index (χ0n) is 52.6. The van der Waals surface area contributed by atoms with E-state index >= 15 is 0 Å². The second-order valence-corrected chi connectivity index (χ2v) is 24.3. The van der Waals surface area contributed by atoms with Gasteiger partial charge in [-0.15, -0.1) is 0 Å². The molecule has 0 aromatic heterocycles. The van der Waals surface area contributed by atoms with Gasteiger partial charge in [-0.25, -0.2) is 36.0 Å². The summed E-state index contributed by atoms with van der Waals surface area (Å²) in [6, 6.07) is 6.10. The van der Waals surface area contributed by atoms with Gasteiger partial charge in [0.2, 0.25) is 0 Å². The Morgan fingerprint density at radius 2 is 0.518 bits per heavy atom. The topological polar surface area (TPSA) is 220 Å². The molecular formula is C68H106CaO14S2. The quantitative estimate of drug-likeness (QED) is 0.0150. The van der Waals surface area contributed by atoms with Gasteiger partial charge in [-0.2, -0.15) is 0 Å². The summed E-state index contributed by atoms with van der Waals surface area (Å²) in [5, 5.41) is 0. The van der Waals surface area contributed by atoms with Crippen molar-refractivity contribution in [1.29, 1.82) is 0 Å². The Morgan fingerprint density at radius 1 is 0.318 bits per heavy atom. The number of benzene rings is 2. The van der Waals surface area contributed by atoms with Crippen LogP contribution in [0.15, 0.2) is 94.8 Å². The molecule has 0 amide bonds. The minimum atomic E-state index is -4.81. The summed E-state index contributed by atoms with van der Waals surface area (Å²) in [5.74, 6) is -3.21. The molecule has 17 heteroatoms. The fraction of sp³-hybridized carbons (Fsp3) is 0.647. The summed E-state index contributed by atoms with van der Waals surface area (Å²) in [6.07, 6.45) is 56.4. The Kier molecular flexibility index (Phi) is 52.2. The SMILES string of the molecule is CCCCCCC/C=C/CCCCOC(=O)c1ccc(S(=O)(=O)[O-])cc1C(=O)OCCCC/C=C/CCCCCCC.CCCCCCC/C=C/CCCCOC(=O)c1ccc(S(=O)(=O)[O-])cc1C(=O)OCCCC/C=C/CCCCCCC.[Ca+2]. The molecule has 85 heavy (non-hydrogen) atoms. The van der Waals surface area contributed by atoms with Crippen LogP contribution in [0.25, 0.3) is 0 Å². The van der Waals surface area contributed by atoms with Crippen LogP contribution in [0.4, 0.5) is 0 Å². The van der Waals surface area contributed by atoms with E-state index in [-0.39, 0.29) is 86.4 Å². The Labute approximate surface area is 544 Å². The van der Waals surface area contributed by atoms with Crippen LogP contribution in [0.2, 0.25) is 0 Å². The fourth-order valence-electron chi connectivity index (χ4n) is 8.88. The van der Waals surface area contributed by atoms with Gasteiger partial charge in [0.1, 0.15) is 20.2 Å². The molecular weight excluding hydrogens is 1140 g/mol. The molecule has 0 aliphatic rings. The number of ether oxygens (including phenoxy) is 4. The number of rotatable bonds is 50. The van der Waals surface area contributed by atoms with Crippen LogP contribution in [0.3, 0.4) is 0 Å². The number of esters is 4. The maximum atomic E-state index is 12.8. The van der Waals surface area contributed by atoms with E-state index in [0.717, 1.165) is 113 Å². The van der Waals surface area contributed by atoms with Crippen molar-refractivity contribution in [3.8, 4) is 0 Å². The van der Waals surface area contributed by atoms with Crippen LogP contribution in [0.1, 0.15) is 300 Å². The molecule has 0 saturated carbocycles. The Morgan fingerprint density at radius 3 is 0.729 bits per heavy atom. The first-order valence-corrected chi connectivity index (χ1v) is 34.9. The molecule has 0 heterocycles. The average Bonchev–Trinajstić information content (AvgIpc) is 3.68. The summed E-state index contributed by atoms with van der Waals surface area (Å²) in [6.45, 7) is 9.42. The van der Waals surface area contributed by atoms with Gasteiger partial charge in [0.05, 0.1) is 58.5 Å². The first-order chi connectivity index (χ1) is 40.6. The van der Waals surface area contributed by atoms with Gasteiger partial charge in [-0.1, -0.05) is 179 Å². The van der Waals surface area contributed by atoms with Crippen molar-refractivity contribution in [2.24, 2.45) is 0 Å². The minimum absolute atomic E-state index is 0. The predicted octanol–water partition coefficient (Wildman–Crippen LogP) is 17.8. The maximum Gasteiger partial charge on any atom is 2.00 e. The number of carbonyl (C=O) groups is 4. The first kappa shape index (κ1) is 81.4. The van der Waals surface area contributed by atoms with Crippen molar-refractivity contribution < 1.29 is 64.1 Å². The molecule has 0 bridgehead atoms. The molecule has 0 aliphatic carbocycles. The number of unbranched alkanes of at least 4 members (excludes halogenated alkanes) is 28. The largest absolute Gasteiger partial charge is 2.00 e. The van der Waals surface area contributed by atoms with E-state index in [2.05, 4.69) is 76.3 Å². The maximum absolute atomic E-state index is 12.8. The molecule has 0 fully saturated rings. The van der Waals surface area contributed by atoms with E-state index in [4.69, 9.17) is 18.9 Å². The monoisotopic (exact) mass is 1250 g/mol. The van der Waals surface area contributed by atoms with Gasteiger partial charge < -0.3 is 28.1 Å². The molecule has 14 nitrogen and oxygen atoms in total. The van der Waals surface area contributed by atoms with E-state index < -0.39 is 53.9 Å². The van der Waals surface area contributed by atoms with Crippen LogP contribution in [0, 0.1) is 0 Å². The van der Waals surface area contributed by atoms with Crippen LogP contribution in [-0.2, 0) is 39.2 Å². The van der Waals surface area contributed by atoms with Crippen molar-refractivity contribution in [2.45, 2.75) is 269 Å². The number of hydrogen-bond acceptors (Lipinski definition) is 14. The molecule has 0 atom stereocenters. The zero-order valence-corrected chi connectivity index (χ0v) is 56.4. The molecule has 0 aliphatic heterocycles. The number of hydrogen-bond donors (Lipinski definition) is 0. The molecule has 0 spiro atoms. The molecule has 476 valence electrons. The summed E-state index contributed by atoms with van der Waals surface area (Å²) in [4.78, 5) is 49.7. The summed E-state index contributed by atoms with van der Waals surface area (Å²) in [5.41, 5.74) is -0.780. The van der Waals surface area contributed by atoms with Crippen LogP contribution in [0.5, 0.6) is 0 Å². The van der Waals surface area contributed by atoms with Crippen molar-refractivity contribution >= 4 is 81.9 Å². The van der Waals surface area contributed by atoms with E-state index in [1.54, 1.807) is 0 Å². The molecule has 0 radical (unpaired) electrons. The molecule has 0 N–H and O–H groups in total. The van der Waals surface area contributed by atoms with Crippen LogP contribution < -0.4 is 0 Å². The molecule has 2 aromatic carbocycles. The molecule has 0 saturated heterocycles. The van der Waals surface area contributed by atoms with Gasteiger partial charge in [-0.3, -0.25) is 0 Å². The zero-order chi connectivity index (χ0) is 61.8. The van der Waals surface area contributed by atoms with Crippen molar-refractivity contribution in [3.63, 3.8) is 0 Å². The third kappa shape index (κ3) is 43.6. The first-order valence-electron chi connectivity index (χ1n) is 32.1. The van der Waals surface area contributed by atoms with Crippen LogP contribution in [-0.4, -0.2) is 114 Å². The van der Waals surface area contributed by atoms with Crippen molar-refractivity contribution in [1.82, 2.24) is 0 Å². The fourth-order valence-corrected chi connectivity index (χ4v) is 9.88. The standard InChI is InChI=1S/2C34H54O7S.Ca/c2*1-3-5-7-9-11-13-15-17-19-21-23-27-40-33(35)31-26-25-30(42(37,38)39)29-32(31)34(36)41-28-24-22-20-18-16-14-12-10-8-6-4-2;/h2*15-18,25-26,29H,3-14,19-24,27-28H2,1-2H3,(H,37,38,39);/q;;+2/p-2/b2*17-15+,18-16+;. The Bertz CT molecular complexity index is 2260. The van der Waals surface area contributed by atoms with E-state index in [1.165, 1.54) is 128 Å². The van der Waals surface area contributed by atoms with E-state index in [1.807, 2.05) is 0 Å². The third-order valence-corrected chi connectivity index (χ3v) is 15.7. The van der Waals surface area contributed by atoms with Gasteiger partial charge >= 0.3 is 61.6 Å². The molecule has 0 unspecified atom stereocenters. The third-order valence-electron chi connectivity index (χ3n) is 14.0. The van der Waals surface area contributed by atoms with Gasteiger partial charge in [0.25, 0.3) is 0 Å². The van der Waals surface area contributed by atoms with E-state index in [9.17, 15) is 45.1 Å². The molecule has 2 aromatic rings. The van der Waals surface area contributed by atoms with Gasteiger partial charge in [0.15, 0.2) is 0 Å². The smallest absolute Gasteiger partial charge is 0.744 e. The number of carbonyl (C=O) groups excluding carboxylic acids is 4. The van der Waals surface area contributed by atoms with Gasteiger partial charge in [-0.05, 0) is 165 Å². The summed E-state index contributed by atoms with van der Waals surface area (Å²) in [7, 11) is -9.63. The summed E-state index contributed by atoms with van der Waals surface area (Å²) < 4.78 is 90.4. The van der Waals surface area contributed by atoms with Crippen molar-refractivity contribution in [3.05, 3.63) is 107 Å². The van der Waals surface area contributed by atoms with Crippen molar-refractivity contribution in [2.75, 3.05) is 26.4 Å². The average molecular weight is 1250 g/mol.